The second kappa shape index (κ2) is 5.97. The number of carbonyl (C=O) groups is 1. The molecule has 15 heavy (non-hydrogen) atoms. The number of hydrogen-bond acceptors (Lipinski definition) is 3. The highest BCUT2D eigenvalue weighted by Gasteiger charge is 2.27. The van der Waals surface area contributed by atoms with Gasteiger partial charge in [-0.2, -0.15) is 0 Å². The zero-order chi connectivity index (χ0) is 11.3. The van der Waals surface area contributed by atoms with Gasteiger partial charge in [-0.15, -0.1) is 0 Å². The van der Waals surface area contributed by atoms with Crippen LogP contribution in [0.15, 0.2) is 0 Å². The van der Waals surface area contributed by atoms with Crippen molar-refractivity contribution in [2.75, 3.05) is 13.2 Å². The largest absolute Gasteiger partial charge is 0.480 e. The van der Waals surface area contributed by atoms with Crippen molar-refractivity contribution >= 4 is 5.97 Å². The number of carboxylic acid groups (broad SMARTS) is 1. The molecule has 0 aromatic rings. The molecule has 1 saturated carbocycles. The first-order valence-corrected chi connectivity index (χ1v) is 4.94. The number of ether oxygens (including phenoxy) is 1. The van der Waals surface area contributed by atoms with Gasteiger partial charge in [0.05, 0.1) is 0 Å². The summed E-state index contributed by atoms with van der Waals surface area (Å²) in [6.45, 7) is -0.587. The highest BCUT2D eigenvalue weighted by atomic mass is 19.3. The maximum Gasteiger partial charge on any atom is 0.320 e. The van der Waals surface area contributed by atoms with Gasteiger partial charge in [-0.3, -0.25) is 4.79 Å². The molecule has 1 aliphatic rings. The molecule has 0 bridgehead atoms. The van der Waals surface area contributed by atoms with E-state index in [0.717, 1.165) is 12.8 Å². The van der Waals surface area contributed by atoms with Crippen LogP contribution in [-0.2, 0) is 9.53 Å². The molecule has 0 aromatic heterocycles. The van der Waals surface area contributed by atoms with Crippen LogP contribution in [0.2, 0.25) is 0 Å². The lowest BCUT2D eigenvalue weighted by Crippen LogP contribution is -2.39. The Labute approximate surface area is 86.6 Å². The molecule has 1 unspecified atom stereocenters. The molecule has 1 atom stereocenters. The van der Waals surface area contributed by atoms with E-state index in [1.165, 1.54) is 0 Å². The third-order valence-electron chi connectivity index (χ3n) is 2.11. The Balaban J connectivity index is 2.10. The van der Waals surface area contributed by atoms with Gasteiger partial charge in [-0.05, 0) is 19.3 Å². The molecule has 0 saturated heterocycles. The van der Waals surface area contributed by atoms with Crippen LogP contribution < -0.4 is 5.32 Å². The predicted octanol–water partition coefficient (Wildman–Crippen LogP) is 0.863. The number of carboxylic acids is 1. The summed E-state index contributed by atoms with van der Waals surface area (Å²) in [5, 5.41) is 11.7. The summed E-state index contributed by atoms with van der Waals surface area (Å²) in [7, 11) is 0. The normalized spacial score (nSPS) is 18.1. The zero-order valence-electron chi connectivity index (χ0n) is 8.29. The summed E-state index contributed by atoms with van der Waals surface area (Å²) < 4.78 is 28.0. The summed E-state index contributed by atoms with van der Waals surface area (Å²) in [4.78, 5) is 10.7. The van der Waals surface area contributed by atoms with Crippen molar-refractivity contribution in [3.8, 4) is 0 Å². The van der Waals surface area contributed by atoms with E-state index in [4.69, 9.17) is 5.11 Å². The summed E-state index contributed by atoms with van der Waals surface area (Å²) in [5.41, 5.74) is 0. The summed E-state index contributed by atoms with van der Waals surface area (Å²) in [6, 6.07) is -0.406. The second-order valence-electron chi connectivity index (χ2n) is 3.59. The number of aliphatic carboxylic acids is 1. The third-order valence-corrected chi connectivity index (χ3v) is 2.11. The molecule has 6 heteroatoms. The van der Waals surface area contributed by atoms with E-state index in [1.807, 2.05) is 0 Å². The van der Waals surface area contributed by atoms with Gasteiger partial charge < -0.3 is 15.2 Å². The number of hydrogen-bond donors (Lipinski definition) is 2. The smallest absolute Gasteiger partial charge is 0.320 e. The minimum absolute atomic E-state index is 0.0427. The molecule has 4 nitrogen and oxygen atoms in total. The average molecular weight is 223 g/mol. The Morgan fingerprint density at radius 3 is 2.67 bits per heavy atom. The van der Waals surface area contributed by atoms with Gasteiger partial charge in [0.1, 0.15) is 12.6 Å². The molecule has 0 aromatic carbocycles. The fourth-order valence-electron chi connectivity index (χ4n) is 1.19. The predicted molar refractivity (Wildman–Crippen MR) is 49.0 cm³/mol. The molecule has 1 fully saturated rings. The Morgan fingerprint density at radius 1 is 1.53 bits per heavy atom. The maximum atomic E-state index is 11.7. The van der Waals surface area contributed by atoms with Crippen LogP contribution in [0.5, 0.6) is 0 Å². The van der Waals surface area contributed by atoms with E-state index in [1.54, 1.807) is 0 Å². The molecule has 0 amide bonds. The molecule has 2 N–H and O–H groups in total. The van der Waals surface area contributed by atoms with Crippen molar-refractivity contribution in [3.05, 3.63) is 0 Å². The number of nitrogens with one attached hydrogen (secondary N) is 1. The first-order valence-electron chi connectivity index (χ1n) is 4.94. The monoisotopic (exact) mass is 223 g/mol. The lowest BCUT2D eigenvalue weighted by molar-refractivity contribution is -0.140. The maximum absolute atomic E-state index is 11.7. The molecular formula is C9H15F2NO3. The first kappa shape index (κ1) is 12.3. The molecule has 0 aliphatic heterocycles. The zero-order valence-corrected chi connectivity index (χ0v) is 8.29. The average Bonchev–Trinajstić information content (AvgIpc) is 2.93. The van der Waals surface area contributed by atoms with E-state index < -0.39 is 25.0 Å². The Bertz CT molecular complexity index is 210. The van der Waals surface area contributed by atoms with E-state index >= 15 is 0 Å². The SMILES string of the molecule is O=C(O)C(CCOCC(F)F)NC1CC1. The van der Waals surface area contributed by atoms with Crippen LogP contribution >= 0.6 is 0 Å². The van der Waals surface area contributed by atoms with Crippen LogP contribution in [0.3, 0.4) is 0 Å². The molecular weight excluding hydrogens is 208 g/mol. The van der Waals surface area contributed by atoms with Crippen molar-refractivity contribution in [1.82, 2.24) is 5.32 Å². The lowest BCUT2D eigenvalue weighted by Gasteiger charge is -2.13. The van der Waals surface area contributed by atoms with Gasteiger partial charge in [-0.25, -0.2) is 8.78 Å². The molecule has 0 spiro atoms. The van der Waals surface area contributed by atoms with Gasteiger partial charge in [0, 0.05) is 12.6 Å². The summed E-state index contributed by atoms with van der Waals surface area (Å²) >= 11 is 0. The number of rotatable bonds is 8. The third kappa shape index (κ3) is 5.64. The van der Waals surface area contributed by atoms with Gasteiger partial charge in [0.25, 0.3) is 6.43 Å². The van der Waals surface area contributed by atoms with Crippen molar-refractivity contribution < 1.29 is 23.4 Å². The fraction of sp³-hybridized carbons (Fsp3) is 0.889. The second-order valence-corrected chi connectivity index (χ2v) is 3.59. The van der Waals surface area contributed by atoms with E-state index in [-0.39, 0.29) is 19.1 Å². The Hall–Kier alpha value is -0.750. The van der Waals surface area contributed by atoms with E-state index in [2.05, 4.69) is 10.1 Å². The van der Waals surface area contributed by atoms with Gasteiger partial charge in [-0.1, -0.05) is 0 Å². The van der Waals surface area contributed by atoms with Crippen molar-refractivity contribution in [3.63, 3.8) is 0 Å². The first-order chi connectivity index (χ1) is 7.09. The Kier molecular flexibility index (Phi) is 4.90. The Morgan fingerprint density at radius 2 is 2.20 bits per heavy atom. The topological polar surface area (TPSA) is 58.6 Å². The minimum Gasteiger partial charge on any atom is -0.480 e. The fourth-order valence-corrected chi connectivity index (χ4v) is 1.19. The van der Waals surface area contributed by atoms with Gasteiger partial charge in [0.15, 0.2) is 0 Å². The standard InChI is InChI=1S/C9H15F2NO3/c10-8(11)5-15-4-3-7(9(13)14)12-6-1-2-6/h6-8,12H,1-5H2,(H,13,14). The van der Waals surface area contributed by atoms with Crippen LogP contribution in [0.1, 0.15) is 19.3 Å². The van der Waals surface area contributed by atoms with Crippen molar-refractivity contribution in [2.45, 2.75) is 37.8 Å². The van der Waals surface area contributed by atoms with Gasteiger partial charge in [0.2, 0.25) is 0 Å². The van der Waals surface area contributed by atoms with E-state index in [9.17, 15) is 13.6 Å². The van der Waals surface area contributed by atoms with Crippen LogP contribution in [0, 0.1) is 0 Å². The van der Waals surface area contributed by atoms with Crippen molar-refractivity contribution in [2.24, 2.45) is 0 Å². The molecule has 88 valence electrons. The molecule has 1 rings (SSSR count). The molecule has 0 radical (unpaired) electrons. The van der Waals surface area contributed by atoms with Gasteiger partial charge >= 0.3 is 5.97 Å². The molecule has 0 heterocycles. The van der Waals surface area contributed by atoms with Crippen molar-refractivity contribution in [1.29, 1.82) is 0 Å². The minimum atomic E-state index is -2.50. The highest BCUT2D eigenvalue weighted by molar-refractivity contribution is 5.73. The van der Waals surface area contributed by atoms with Crippen LogP contribution in [0.25, 0.3) is 0 Å². The quantitative estimate of drug-likeness (QED) is 0.599. The summed E-state index contributed by atoms with van der Waals surface area (Å²) in [6.07, 6.45) is -0.299. The van der Waals surface area contributed by atoms with Crippen LogP contribution in [0.4, 0.5) is 8.78 Å². The highest BCUT2D eigenvalue weighted by Crippen LogP contribution is 2.20. The summed E-state index contributed by atoms with van der Waals surface area (Å²) in [5.74, 6) is -0.956. The number of halogens is 2. The lowest BCUT2D eigenvalue weighted by atomic mass is 10.2. The van der Waals surface area contributed by atoms with E-state index in [0.29, 0.717) is 0 Å². The number of alkyl halides is 2. The van der Waals surface area contributed by atoms with Crippen LogP contribution in [-0.4, -0.2) is 42.8 Å². The molecule has 1 aliphatic carbocycles.